The second kappa shape index (κ2) is 9.11. The molecule has 6 nitrogen and oxygen atoms in total. The van der Waals surface area contributed by atoms with E-state index in [0.29, 0.717) is 30.2 Å². The van der Waals surface area contributed by atoms with Crippen molar-refractivity contribution in [1.82, 2.24) is 9.80 Å². The molecule has 0 radical (unpaired) electrons. The monoisotopic (exact) mass is 374 g/mol. The zero-order valence-electron chi connectivity index (χ0n) is 16.4. The summed E-state index contributed by atoms with van der Waals surface area (Å²) in [5.74, 6) is 1.46. The van der Waals surface area contributed by atoms with Crippen LogP contribution in [0.3, 0.4) is 0 Å². The molecule has 2 heterocycles. The van der Waals surface area contributed by atoms with Gasteiger partial charge < -0.3 is 19.3 Å². The van der Waals surface area contributed by atoms with Gasteiger partial charge in [-0.05, 0) is 37.8 Å². The summed E-state index contributed by atoms with van der Waals surface area (Å²) in [7, 11) is 3.14. The Bertz CT molecular complexity index is 660. The first-order valence-corrected chi connectivity index (χ1v) is 9.94. The minimum absolute atomic E-state index is 0.0461. The van der Waals surface area contributed by atoms with Gasteiger partial charge in [0.15, 0.2) is 0 Å². The van der Waals surface area contributed by atoms with Crippen LogP contribution in [0.5, 0.6) is 11.5 Å². The smallest absolute Gasteiger partial charge is 0.257 e. The second-order valence-electron chi connectivity index (χ2n) is 7.37. The summed E-state index contributed by atoms with van der Waals surface area (Å²) >= 11 is 0. The van der Waals surface area contributed by atoms with Crippen molar-refractivity contribution < 1.29 is 19.1 Å². The summed E-state index contributed by atoms with van der Waals surface area (Å²) in [5.41, 5.74) is 0.538. The summed E-state index contributed by atoms with van der Waals surface area (Å²) in [6.07, 6.45) is 6.14. The van der Waals surface area contributed by atoms with Crippen LogP contribution in [0.2, 0.25) is 0 Å². The van der Waals surface area contributed by atoms with Crippen LogP contribution >= 0.6 is 0 Å². The van der Waals surface area contributed by atoms with Gasteiger partial charge in [-0.1, -0.05) is 12.8 Å². The average Bonchev–Trinajstić information content (AvgIpc) is 3.02. The highest BCUT2D eigenvalue weighted by Crippen LogP contribution is 2.28. The molecule has 0 saturated carbocycles. The van der Waals surface area contributed by atoms with Crippen LogP contribution < -0.4 is 9.47 Å². The van der Waals surface area contributed by atoms with E-state index in [4.69, 9.17) is 9.47 Å². The molecule has 0 atom stereocenters. The normalized spacial score (nSPS) is 18.7. The van der Waals surface area contributed by atoms with E-state index < -0.39 is 0 Å². The van der Waals surface area contributed by atoms with E-state index in [0.717, 1.165) is 38.8 Å². The van der Waals surface area contributed by atoms with E-state index >= 15 is 0 Å². The van der Waals surface area contributed by atoms with E-state index in [1.165, 1.54) is 12.8 Å². The standard InChI is InChI=1S/C21H30N2O4/c1-26-17-7-8-18(19(15-17)27-2)21(25)23-13-9-16(10-14-23)20(24)22-11-5-3-4-6-12-22/h7-8,15-16H,3-6,9-14H2,1-2H3. The Balaban J connectivity index is 1.60. The Hall–Kier alpha value is -2.24. The maximum Gasteiger partial charge on any atom is 0.257 e. The van der Waals surface area contributed by atoms with Gasteiger partial charge in [0.1, 0.15) is 11.5 Å². The number of carbonyl (C=O) groups excluding carboxylic acids is 2. The SMILES string of the molecule is COc1ccc(C(=O)N2CCC(C(=O)N3CCCCCC3)CC2)c(OC)c1. The van der Waals surface area contributed by atoms with Gasteiger partial charge in [-0.2, -0.15) is 0 Å². The van der Waals surface area contributed by atoms with Crippen LogP contribution in [-0.2, 0) is 4.79 Å². The number of amides is 2. The highest BCUT2D eigenvalue weighted by molar-refractivity contribution is 5.97. The number of carbonyl (C=O) groups is 2. The van der Waals surface area contributed by atoms with Gasteiger partial charge in [0.2, 0.25) is 5.91 Å². The summed E-state index contributed by atoms with van der Waals surface area (Å²) in [4.78, 5) is 29.6. The number of hydrogen-bond acceptors (Lipinski definition) is 4. The summed E-state index contributed by atoms with van der Waals surface area (Å²) in [5, 5.41) is 0. The molecule has 2 aliphatic rings. The number of nitrogens with zero attached hydrogens (tertiary/aromatic N) is 2. The van der Waals surface area contributed by atoms with Gasteiger partial charge in [0.05, 0.1) is 19.8 Å². The van der Waals surface area contributed by atoms with E-state index in [1.807, 2.05) is 9.80 Å². The molecule has 2 fully saturated rings. The molecule has 148 valence electrons. The molecule has 0 aliphatic carbocycles. The zero-order chi connectivity index (χ0) is 19.2. The first-order valence-electron chi connectivity index (χ1n) is 9.94. The lowest BCUT2D eigenvalue weighted by Crippen LogP contribution is -2.44. The summed E-state index contributed by atoms with van der Waals surface area (Å²) in [6.45, 7) is 3.00. The van der Waals surface area contributed by atoms with Crippen molar-refractivity contribution in [1.29, 1.82) is 0 Å². The number of ether oxygens (including phenoxy) is 2. The molecule has 2 saturated heterocycles. The van der Waals surface area contributed by atoms with Crippen LogP contribution in [0.1, 0.15) is 48.9 Å². The molecule has 2 aliphatic heterocycles. The van der Waals surface area contributed by atoms with Crippen LogP contribution in [0, 0.1) is 5.92 Å². The predicted molar refractivity (Wildman–Crippen MR) is 103 cm³/mol. The van der Waals surface area contributed by atoms with Gasteiger partial charge >= 0.3 is 0 Å². The first kappa shape index (κ1) is 19.5. The number of benzene rings is 1. The zero-order valence-corrected chi connectivity index (χ0v) is 16.4. The Morgan fingerprint density at radius 3 is 2.15 bits per heavy atom. The van der Waals surface area contributed by atoms with E-state index in [-0.39, 0.29) is 17.7 Å². The molecule has 0 bridgehead atoms. The Morgan fingerprint density at radius 2 is 1.56 bits per heavy atom. The van der Waals surface area contributed by atoms with Crippen molar-refractivity contribution >= 4 is 11.8 Å². The molecular formula is C21H30N2O4. The molecule has 6 heteroatoms. The highest BCUT2D eigenvalue weighted by Gasteiger charge is 2.31. The molecule has 27 heavy (non-hydrogen) atoms. The van der Waals surface area contributed by atoms with Gasteiger partial charge in [-0.25, -0.2) is 0 Å². The average molecular weight is 374 g/mol. The number of rotatable bonds is 4. The fraction of sp³-hybridized carbons (Fsp3) is 0.619. The molecule has 0 aromatic heterocycles. The largest absolute Gasteiger partial charge is 0.497 e. The van der Waals surface area contributed by atoms with Crippen LogP contribution in [0.4, 0.5) is 0 Å². The number of hydrogen-bond donors (Lipinski definition) is 0. The lowest BCUT2D eigenvalue weighted by atomic mass is 9.94. The second-order valence-corrected chi connectivity index (χ2v) is 7.37. The third kappa shape index (κ3) is 4.54. The van der Waals surface area contributed by atoms with Crippen LogP contribution in [0.25, 0.3) is 0 Å². The third-order valence-electron chi connectivity index (χ3n) is 5.69. The van der Waals surface area contributed by atoms with Crippen molar-refractivity contribution in [3.63, 3.8) is 0 Å². The molecule has 2 amide bonds. The molecule has 0 spiro atoms. The van der Waals surface area contributed by atoms with Gasteiger partial charge in [-0.3, -0.25) is 9.59 Å². The molecular weight excluding hydrogens is 344 g/mol. The lowest BCUT2D eigenvalue weighted by molar-refractivity contribution is -0.136. The molecule has 1 aromatic carbocycles. The van der Waals surface area contributed by atoms with Crippen LogP contribution in [-0.4, -0.2) is 62.0 Å². The van der Waals surface area contributed by atoms with Crippen LogP contribution in [0.15, 0.2) is 18.2 Å². The minimum atomic E-state index is -0.0461. The third-order valence-corrected chi connectivity index (χ3v) is 5.69. The van der Waals surface area contributed by atoms with Crippen molar-refractivity contribution in [2.24, 2.45) is 5.92 Å². The number of piperidine rings is 1. The predicted octanol–water partition coefficient (Wildman–Crippen LogP) is 2.96. The summed E-state index contributed by atoms with van der Waals surface area (Å²) < 4.78 is 10.6. The maximum atomic E-state index is 12.9. The highest BCUT2D eigenvalue weighted by atomic mass is 16.5. The number of methoxy groups -OCH3 is 2. The fourth-order valence-corrected chi connectivity index (χ4v) is 4.02. The van der Waals surface area contributed by atoms with Crippen molar-refractivity contribution in [3.8, 4) is 11.5 Å². The minimum Gasteiger partial charge on any atom is -0.497 e. The fourth-order valence-electron chi connectivity index (χ4n) is 4.02. The van der Waals surface area contributed by atoms with Gasteiger partial charge in [0.25, 0.3) is 5.91 Å². The van der Waals surface area contributed by atoms with E-state index in [9.17, 15) is 9.59 Å². The molecule has 1 aromatic rings. The Kier molecular flexibility index (Phi) is 6.58. The van der Waals surface area contributed by atoms with E-state index in [2.05, 4.69) is 0 Å². The Morgan fingerprint density at radius 1 is 0.889 bits per heavy atom. The summed E-state index contributed by atoms with van der Waals surface area (Å²) in [6, 6.07) is 5.24. The van der Waals surface area contributed by atoms with E-state index in [1.54, 1.807) is 32.4 Å². The maximum absolute atomic E-state index is 12.9. The number of likely N-dealkylation sites (tertiary alicyclic amines) is 2. The van der Waals surface area contributed by atoms with Gasteiger partial charge in [-0.15, -0.1) is 0 Å². The first-order chi connectivity index (χ1) is 13.1. The quantitative estimate of drug-likeness (QED) is 0.813. The molecule has 0 N–H and O–H groups in total. The lowest BCUT2D eigenvalue weighted by Gasteiger charge is -2.34. The van der Waals surface area contributed by atoms with Crippen molar-refractivity contribution in [2.45, 2.75) is 38.5 Å². The van der Waals surface area contributed by atoms with Gasteiger partial charge in [0, 0.05) is 38.2 Å². The molecule has 0 unspecified atom stereocenters. The topological polar surface area (TPSA) is 59.1 Å². The van der Waals surface area contributed by atoms with Crippen molar-refractivity contribution in [2.75, 3.05) is 40.4 Å². The van der Waals surface area contributed by atoms with Crippen molar-refractivity contribution in [3.05, 3.63) is 23.8 Å². The Labute approximate surface area is 161 Å². The molecule has 3 rings (SSSR count).